The summed E-state index contributed by atoms with van der Waals surface area (Å²) >= 11 is 0. The van der Waals surface area contributed by atoms with Gasteiger partial charge in [-0.2, -0.15) is 13.2 Å². The number of imide groups is 1. The number of amides is 4. The summed E-state index contributed by atoms with van der Waals surface area (Å²) in [6.07, 6.45) is -4.14. The van der Waals surface area contributed by atoms with Crippen LogP contribution in [0.3, 0.4) is 0 Å². The Hall–Kier alpha value is -3.57. The first-order chi connectivity index (χ1) is 15.1. The number of aromatic nitrogens is 2. The monoisotopic (exact) mass is 453 g/mol. The van der Waals surface area contributed by atoms with Crippen LogP contribution >= 0.6 is 0 Å². The number of hydrogen-bond donors (Lipinski definition) is 1. The van der Waals surface area contributed by atoms with E-state index in [0.29, 0.717) is 17.5 Å². The van der Waals surface area contributed by atoms with E-state index in [1.807, 2.05) is 6.92 Å². The molecule has 1 saturated heterocycles. The first kappa shape index (κ1) is 23.1. The predicted octanol–water partition coefficient (Wildman–Crippen LogP) is 3.25. The molecule has 1 aliphatic heterocycles. The molecule has 0 bridgehead atoms. The van der Waals surface area contributed by atoms with Crippen LogP contribution in [-0.4, -0.2) is 52.6 Å². The van der Waals surface area contributed by atoms with Gasteiger partial charge in [-0.15, -0.1) is 10.2 Å². The van der Waals surface area contributed by atoms with Gasteiger partial charge in [0.1, 0.15) is 11.4 Å². The van der Waals surface area contributed by atoms with Gasteiger partial charge in [0.2, 0.25) is 0 Å². The van der Waals surface area contributed by atoms with Crippen molar-refractivity contribution in [3.05, 3.63) is 53.0 Å². The highest BCUT2D eigenvalue weighted by molar-refractivity contribution is 6.09. The van der Waals surface area contributed by atoms with E-state index in [1.165, 1.54) is 12.1 Å². The zero-order chi connectivity index (χ0) is 23.5. The van der Waals surface area contributed by atoms with Crippen molar-refractivity contribution in [3.63, 3.8) is 0 Å². The van der Waals surface area contributed by atoms with Crippen molar-refractivity contribution in [1.29, 1.82) is 0 Å². The normalized spacial score (nSPS) is 14.5. The molecule has 2 heterocycles. The van der Waals surface area contributed by atoms with Gasteiger partial charge in [0.25, 0.3) is 11.8 Å². The maximum Gasteiger partial charge on any atom is 0.420 e. The molecule has 1 N–H and O–H groups in total. The van der Waals surface area contributed by atoms with Gasteiger partial charge in [-0.1, -0.05) is 13.0 Å². The molecule has 1 aromatic heterocycles. The quantitative estimate of drug-likeness (QED) is 0.702. The molecule has 170 valence electrons. The first-order valence-electron chi connectivity index (χ1n) is 9.76. The smallest absolute Gasteiger partial charge is 0.351 e. The van der Waals surface area contributed by atoms with Gasteiger partial charge < -0.3 is 5.32 Å². The van der Waals surface area contributed by atoms with Gasteiger partial charge in [0, 0.05) is 19.6 Å². The fourth-order valence-electron chi connectivity index (χ4n) is 3.18. The van der Waals surface area contributed by atoms with Crippen molar-refractivity contribution >= 4 is 23.7 Å². The number of carbonyl (C=O) groups excluding carboxylic acids is 3. The number of urea groups is 1. The maximum atomic E-state index is 13.9. The number of rotatable bonds is 5. The minimum atomic E-state index is -5.12. The number of alkyl halides is 3. The fraction of sp³-hybridized carbons (Fsp3) is 0.350. The third-order valence-corrected chi connectivity index (χ3v) is 4.69. The summed E-state index contributed by atoms with van der Waals surface area (Å²) < 4.78 is 53.8. The lowest BCUT2D eigenvalue weighted by Crippen LogP contribution is -2.52. The van der Waals surface area contributed by atoms with Crippen LogP contribution in [0.5, 0.6) is 0 Å². The standard InChI is InChI=1S/C20H19F4N5O3/c1-2-9-25-17(30)14-7-8-15(27-26-14)28-10-4-11-29(19(28)32)18(31)12-5-3-6-13(21)16(12)20(22,23)24/h3,5-8H,2,4,9-11H2,1H3,(H,25,30). The molecule has 3 rings (SSSR count). The number of benzene rings is 1. The number of anilines is 1. The van der Waals surface area contributed by atoms with E-state index < -0.39 is 41.0 Å². The van der Waals surface area contributed by atoms with Crippen molar-refractivity contribution in [2.45, 2.75) is 25.9 Å². The summed E-state index contributed by atoms with van der Waals surface area (Å²) in [6.45, 7) is 2.32. The van der Waals surface area contributed by atoms with Crippen molar-refractivity contribution < 1.29 is 31.9 Å². The van der Waals surface area contributed by atoms with E-state index in [1.54, 1.807) is 0 Å². The predicted molar refractivity (Wildman–Crippen MR) is 104 cm³/mol. The molecule has 32 heavy (non-hydrogen) atoms. The summed E-state index contributed by atoms with van der Waals surface area (Å²) in [5.41, 5.74) is -2.66. The van der Waals surface area contributed by atoms with Gasteiger partial charge in [0.15, 0.2) is 11.5 Å². The molecule has 1 aliphatic rings. The minimum Gasteiger partial charge on any atom is -0.351 e. The molecule has 0 saturated carbocycles. The number of halogens is 4. The van der Waals surface area contributed by atoms with E-state index in [9.17, 15) is 31.9 Å². The van der Waals surface area contributed by atoms with E-state index in [-0.39, 0.29) is 31.0 Å². The summed E-state index contributed by atoms with van der Waals surface area (Å²) in [6, 6.07) is 4.16. The second kappa shape index (κ2) is 9.28. The van der Waals surface area contributed by atoms with Crippen molar-refractivity contribution in [1.82, 2.24) is 20.4 Å². The Labute approximate surface area is 180 Å². The first-order valence-corrected chi connectivity index (χ1v) is 9.76. The van der Waals surface area contributed by atoms with Crippen LogP contribution in [0.2, 0.25) is 0 Å². The second-order valence-corrected chi connectivity index (χ2v) is 6.94. The lowest BCUT2D eigenvalue weighted by molar-refractivity contribution is -0.140. The Morgan fingerprint density at radius 2 is 1.88 bits per heavy atom. The molecule has 12 heteroatoms. The Kier molecular flexibility index (Phi) is 6.70. The van der Waals surface area contributed by atoms with Crippen molar-refractivity contribution in [2.24, 2.45) is 0 Å². The van der Waals surface area contributed by atoms with Crippen molar-refractivity contribution in [3.8, 4) is 0 Å². The number of hydrogen-bond acceptors (Lipinski definition) is 5. The summed E-state index contributed by atoms with van der Waals surface area (Å²) in [4.78, 5) is 39.2. The molecule has 0 spiro atoms. The fourth-order valence-corrected chi connectivity index (χ4v) is 3.18. The Morgan fingerprint density at radius 3 is 2.50 bits per heavy atom. The average Bonchev–Trinajstić information content (AvgIpc) is 2.76. The summed E-state index contributed by atoms with van der Waals surface area (Å²) in [7, 11) is 0. The molecular formula is C20H19F4N5O3. The number of nitrogens with one attached hydrogen (secondary N) is 1. The van der Waals surface area contributed by atoms with Crippen LogP contribution < -0.4 is 10.2 Å². The Balaban J connectivity index is 1.84. The SMILES string of the molecule is CCCNC(=O)c1ccc(N2CCCN(C(=O)c3cccc(F)c3C(F)(F)F)C2=O)nn1. The van der Waals surface area contributed by atoms with Crippen LogP contribution in [0.15, 0.2) is 30.3 Å². The highest BCUT2D eigenvalue weighted by Gasteiger charge is 2.41. The van der Waals surface area contributed by atoms with E-state index in [0.717, 1.165) is 23.5 Å². The molecule has 0 atom stereocenters. The highest BCUT2D eigenvalue weighted by atomic mass is 19.4. The number of carbonyl (C=O) groups is 3. The number of nitrogens with zero attached hydrogens (tertiary/aromatic N) is 4. The lowest BCUT2D eigenvalue weighted by Gasteiger charge is -2.33. The Morgan fingerprint density at radius 1 is 1.12 bits per heavy atom. The van der Waals surface area contributed by atoms with E-state index in [4.69, 9.17) is 0 Å². The van der Waals surface area contributed by atoms with Gasteiger partial charge in [-0.05, 0) is 37.1 Å². The third kappa shape index (κ3) is 4.68. The van der Waals surface area contributed by atoms with Crippen LogP contribution in [0.25, 0.3) is 0 Å². The maximum absolute atomic E-state index is 13.9. The zero-order valence-electron chi connectivity index (χ0n) is 16.9. The molecular weight excluding hydrogens is 434 g/mol. The van der Waals surface area contributed by atoms with Gasteiger partial charge in [-0.3, -0.25) is 19.4 Å². The van der Waals surface area contributed by atoms with E-state index >= 15 is 0 Å². The summed E-state index contributed by atoms with van der Waals surface area (Å²) in [5, 5.41) is 10.2. The van der Waals surface area contributed by atoms with Crippen molar-refractivity contribution in [2.75, 3.05) is 24.5 Å². The molecule has 2 aromatic rings. The average molecular weight is 453 g/mol. The largest absolute Gasteiger partial charge is 0.420 e. The highest BCUT2D eigenvalue weighted by Crippen LogP contribution is 2.35. The minimum absolute atomic E-state index is 0.0224. The van der Waals surface area contributed by atoms with E-state index in [2.05, 4.69) is 15.5 Å². The second-order valence-electron chi connectivity index (χ2n) is 6.94. The molecule has 1 fully saturated rings. The van der Waals surface area contributed by atoms with Gasteiger partial charge in [-0.25, -0.2) is 9.18 Å². The molecule has 1 aromatic carbocycles. The topological polar surface area (TPSA) is 95.5 Å². The van der Waals surface area contributed by atoms with Crippen LogP contribution in [0.1, 0.15) is 46.2 Å². The van der Waals surface area contributed by atoms with Crippen LogP contribution in [-0.2, 0) is 6.18 Å². The molecule has 4 amide bonds. The zero-order valence-corrected chi connectivity index (χ0v) is 16.9. The third-order valence-electron chi connectivity index (χ3n) is 4.69. The summed E-state index contributed by atoms with van der Waals surface area (Å²) in [5.74, 6) is -3.30. The van der Waals surface area contributed by atoms with Gasteiger partial charge >= 0.3 is 12.2 Å². The molecule has 8 nitrogen and oxygen atoms in total. The molecule has 0 unspecified atom stereocenters. The van der Waals surface area contributed by atoms with Gasteiger partial charge in [0.05, 0.1) is 5.56 Å². The van der Waals surface area contributed by atoms with Crippen LogP contribution in [0.4, 0.5) is 28.2 Å². The lowest BCUT2D eigenvalue weighted by atomic mass is 10.0. The Bertz CT molecular complexity index is 1030. The van der Waals surface area contributed by atoms with Crippen LogP contribution in [0, 0.1) is 5.82 Å². The molecule has 0 radical (unpaired) electrons. The molecule has 0 aliphatic carbocycles.